The number of benzene rings is 1. The van der Waals surface area contributed by atoms with Crippen LogP contribution in [0.2, 0.25) is 0 Å². The highest BCUT2D eigenvalue weighted by Gasteiger charge is 2.37. The molecule has 3 rings (SSSR count). The number of methoxy groups -OCH3 is 1. The predicted molar refractivity (Wildman–Crippen MR) is 99.4 cm³/mol. The zero-order valence-electron chi connectivity index (χ0n) is 15.3. The summed E-state index contributed by atoms with van der Waals surface area (Å²) in [5.41, 5.74) is 0. The molecule has 1 aromatic carbocycles. The van der Waals surface area contributed by atoms with Gasteiger partial charge >= 0.3 is 0 Å². The number of rotatable bonds is 7. The third-order valence-corrected chi connectivity index (χ3v) is 6.31. The first kappa shape index (κ1) is 19.3. The number of carbonyl (C=O) groups is 1. The quantitative estimate of drug-likeness (QED) is 0.717. The summed E-state index contributed by atoms with van der Waals surface area (Å²) in [6.07, 6.45) is 1.13. The van der Waals surface area contributed by atoms with Crippen LogP contribution >= 0.6 is 0 Å². The summed E-state index contributed by atoms with van der Waals surface area (Å²) in [6, 6.07) is 10.2. The molecule has 0 saturated carbocycles. The molecule has 1 saturated heterocycles. The van der Waals surface area contributed by atoms with Gasteiger partial charge in [0.15, 0.2) is 27.4 Å². The molecular formula is C19H23NO6S. The van der Waals surface area contributed by atoms with E-state index in [0.29, 0.717) is 23.7 Å². The monoisotopic (exact) mass is 393 g/mol. The molecule has 2 aromatic rings. The molecule has 2 atom stereocenters. The normalized spacial score (nSPS) is 19.4. The fraction of sp³-hybridized carbons (Fsp3) is 0.421. The van der Waals surface area contributed by atoms with Crippen LogP contribution in [0.4, 0.5) is 0 Å². The van der Waals surface area contributed by atoms with Gasteiger partial charge in [-0.3, -0.25) is 4.79 Å². The maximum absolute atomic E-state index is 13.1. The Bertz CT molecular complexity index is 877. The number of carbonyl (C=O) groups excluding carboxylic acids is 1. The highest BCUT2D eigenvalue weighted by molar-refractivity contribution is 7.91. The SMILES string of the molecule is COc1ccccc1O[C@@H](C)C(=O)N(Cc1ccco1)[C@H]1CCS(=O)(=O)C1. The van der Waals surface area contributed by atoms with Gasteiger partial charge in [-0.05, 0) is 37.6 Å². The maximum atomic E-state index is 13.1. The van der Waals surface area contributed by atoms with E-state index < -0.39 is 22.0 Å². The Balaban J connectivity index is 1.79. The topological polar surface area (TPSA) is 86.1 Å². The smallest absolute Gasteiger partial charge is 0.264 e. The summed E-state index contributed by atoms with van der Waals surface area (Å²) in [5.74, 6) is 1.33. The second-order valence-corrected chi connectivity index (χ2v) is 8.74. The molecule has 146 valence electrons. The van der Waals surface area contributed by atoms with E-state index in [1.807, 2.05) is 6.07 Å². The molecule has 1 fully saturated rings. The Labute approximate surface area is 158 Å². The average Bonchev–Trinajstić information content (AvgIpc) is 3.28. The highest BCUT2D eigenvalue weighted by Crippen LogP contribution is 2.28. The lowest BCUT2D eigenvalue weighted by Crippen LogP contribution is -2.46. The largest absolute Gasteiger partial charge is 0.493 e. The molecule has 0 unspecified atom stereocenters. The fourth-order valence-electron chi connectivity index (χ4n) is 3.17. The van der Waals surface area contributed by atoms with Crippen LogP contribution in [0.25, 0.3) is 0 Å². The lowest BCUT2D eigenvalue weighted by atomic mass is 10.2. The van der Waals surface area contributed by atoms with Gasteiger partial charge < -0.3 is 18.8 Å². The molecule has 1 amide bonds. The molecular weight excluding hydrogens is 370 g/mol. The first-order chi connectivity index (χ1) is 12.9. The minimum atomic E-state index is -3.13. The lowest BCUT2D eigenvalue weighted by molar-refractivity contribution is -0.141. The standard InChI is InChI=1S/C19H23NO6S/c1-14(26-18-8-4-3-7-17(18)24-2)19(21)20(12-16-6-5-10-25-16)15-9-11-27(22,23)13-15/h3-8,10,14-15H,9,11-13H2,1-2H3/t14-,15-/m0/s1. The minimum Gasteiger partial charge on any atom is -0.493 e. The van der Waals surface area contributed by atoms with Gasteiger partial charge in [-0.25, -0.2) is 8.42 Å². The number of furan rings is 1. The van der Waals surface area contributed by atoms with Crippen LogP contribution in [0.3, 0.4) is 0 Å². The predicted octanol–water partition coefficient (Wildman–Crippen LogP) is 2.27. The summed E-state index contributed by atoms with van der Waals surface area (Å²) >= 11 is 0. The number of hydrogen-bond donors (Lipinski definition) is 0. The van der Waals surface area contributed by atoms with Crippen molar-refractivity contribution in [2.24, 2.45) is 0 Å². The number of hydrogen-bond acceptors (Lipinski definition) is 6. The van der Waals surface area contributed by atoms with Crippen molar-refractivity contribution in [2.45, 2.75) is 32.0 Å². The second-order valence-electron chi connectivity index (χ2n) is 6.51. The van der Waals surface area contributed by atoms with E-state index in [1.165, 1.54) is 13.4 Å². The van der Waals surface area contributed by atoms with Crippen LogP contribution < -0.4 is 9.47 Å². The van der Waals surface area contributed by atoms with Gasteiger partial charge in [0, 0.05) is 6.04 Å². The molecule has 27 heavy (non-hydrogen) atoms. The van der Waals surface area contributed by atoms with E-state index in [2.05, 4.69) is 0 Å². The first-order valence-corrected chi connectivity index (χ1v) is 10.5. The summed E-state index contributed by atoms with van der Waals surface area (Å²) in [4.78, 5) is 14.6. The number of nitrogens with zero attached hydrogens (tertiary/aromatic N) is 1. The van der Waals surface area contributed by atoms with E-state index in [1.54, 1.807) is 42.2 Å². The van der Waals surface area contributed by atoms with Crippen LogP contribution in [0.15, 0.2) is 47.1 Å². The molecule has 8 heteroatoms. The molecule has 0 bridgehead atoms. The number of para-hydroxylation sites is 2. The third kappa shape index (κ3) is 4.63. The molecule has 0 aliphatic carbocycles. The minimum absolute atomic E-state index is 0.0408. The van der Waals surface area contributed by atoms with Crippen molar-refractivity contribution in [1.29, 1.82) is 0 Å². The van der Waals surface area contributed by atoms with Gasteiger partial charge in [0.05, 0.1) is 31.4 Å². The maximum Gasteiger partial charge on any atom is 0.264 e. The molecule has 1 aliphatic rings. The molecule has 1 aromatic heterocycles. The van der Waals surface area contributed by atoms with Gasteiger partial charge in [0.1, 0.15) is 5.76 Å². The molecule has 0 radical (unpaired) electrons. The molecule has 2 heterocycles. The third-order valence-electron chi connectivity index (χ3n) is 4.56. The van der Waals surface area contributed by atoms with Crippen molar-refractivity contribution in [3.05, 3.63) is 48.4 Å². The Hall–Kier alpha value is -2.48. The zero-order valence-corrected chi connectivity index (χ0v) is 16.1. The Kier molecular flexibility index (Phi) is 5.74. The van der Waals surface area contributed by atoms with Gasteiger partial charge in [-0.15, -0.1) is 0 Å². The first-order valence-electron chi connectivity index (χ1n) is 8.72. The van der Waals surface area contributed by atoms with E-state index in [9.17, 15) is 13.2 Å². The number of amides is 1. The van der Waals surface area contributed by atoms with Crippen molar-refractivity contribution in [3.63, 3.8) is 0 Å². The van der Waals surface area contributed by atoms with Crippen LogP contribution in [0.1, 0.15) is 19.1 Å². The van der Waals surface area contributed by atoms with Crippen molar-refractivity contribution in [1.82, 2.24) is 4.90 Å². The lowest BCUT2D eigenvalue weighted by Gasteiger charge is -2.30. The van der Waals surface area contributed by atoms with Crippen molar-refractivity contribution >= 4 is 15.7 Å². The van der Waals surface area contributed by atoms with Crippen molar-refractivity contribution < 1.29 is 27.1 Å². The summed E-state index contributed by atoms with van der Waals surface area (Å²) in [5, 5.41) is 0. The van der Waals surface area contributed by atoms with Gasteiger partial charge in [0.2, 0.25) is 0 Å². The number of sulfone groups is 1. The Morgan fingerprint density at radius 1 is 1.26 bits per heavy atom. The average molecular weight is 393 g/mol. The van der Waals surface area contributed by atoms with Gasteiger partial charge in [0.25, 0.3) is 5.91 Å². The van der Waals surface area contributed by atoms with E-state index >= 15 is 0 Å². The summed E-state index contributed by atoms with van der Waals surface area (Å²) < 4.78 is 40.2. The fourth-order valence-corrected chi connectivity index (χ4v) is 4.90. The highest BCUT2D eigenvalue weighted by atomic mass is 32.2. The summed E-state index contributed by atoms with van der Waals surface area (Å²) in [6.45, 7) is 1.85. The summed E-state index contributed by atoms with van der Waals surface area (Å²) in [7, 11) is -1.60. The van der Waals surface area contributed by atoms with Crippen molar-refractivity contribution in [2.75, 3.05) is 18.6 Å². The van der Waals surface area contributed by atoms with Crippen LogP contribution in [-0.2, 0) is 21.2 Å². The second kappa shape index (κ2) is 8.04. The molecule has 7 nitrogen and oxygen atoms in total. The number of ether oxygens (including phenoxy) is 2. The molecule has 0 N–H and O–H groups in total. The van der Waals surface area contributed by atoms with E-state index in [-0.39, 0.29) is 24.0 Å². The van der Waals surface area contributed by atoms with Crippen molar-refractivity contribution in [3.8, 4) is 11.5 Å². The Morgan fingerprint density at radius 2 is 2.00 bits per heavy atom. The van der Waals surface area contributed by atoms with Gasteiger partial charge in [-0.2, -0.15) is 0 Å². The zero-order chi connectivity index (χ0) is 19.4. The van der Waals surface area contributed by atoms with Crippen LogP contribution in [0, 0.1) is 0 Å². The van der Waals surface area contributed by atoms with Gasteiger partial charge in [-0.1, -0.05) is 12.1 Å². The molecule has 1 aliphatic heterocycles. The molecule has 0 spiro atoms. The van der Waals surface area contributed by atoms with E-state index in [0.717, 1.165) is 0 Å². The Morgan fingerprint density at radius 3 is 2.59 bits per heavy atom. The van der Waals surface area contributed by atoms with E-state index in [4.69, 9.17) is 13.9 Å². The van der Waals surface area contributed by atoms with Crippen LogP contribution in [-0.4, -0.2) is 50.0 Å². The van der Waals surface area contributed by atoms with Crippen LogP contribution in [0.5, 0.6) is 11.5 Å².